The number of benzene rings is 1. The number of carbonyl (C=O) groups is 1. The third-order valence-electron chi connectivity index (χ3n) is 2.32. The molecule has 0 aliphatic heterocycles. The summed E-state index contributed by atoms with van der Waals surface area (Å²) in [5.41, 5.74) is 3.15. The summed E-state index contributed by atoms with van der Waals surface area (Å²) in [5.74, 6) is 0.225. The molecule has 0 spiro atoms. The topological polar surface area (TPSA) is 29.1 Å². The van der Waals surface area contributed by atoms with Crippen LogP contribution < -0.4 is 5.32 Å². The van der Waals surface area contributed by atoms with Crippen molar-refractivity contribution >= 4 is 5.78 Å². The van der Waals surface area contributed by atoms with Crippen molar-refractivity contribution in [3.8, 4) is 0 Å². The summed E-state index contributed by atoms with van der Waals surface area (Å²) in [6.07, 6.45) is 0.580. The molecule has 82 valence electrons. The van der Waals surface area contributed by atoms with Crippen LogP contribution in [0.15, 0.2) is 18.2 Å². The molecule has 0 aromatic heterocycles. The number of nitrogens with one attached hydrogen (secondary N) is 1. The lowest BCUT2D eigenvalue weighted by molar-refractivity contribution is 0.0982. The third-order valence-corrected chi connectivity index (χ3v) is 2.32. The summed E-state index contributed by atoms with van der Waals surface area (Å²) in [6.45, 7) is 7.77. The molecule has 1 rings (SSSR count). The van der Waals surface area contributed by atoms with Gasteiger partial charge in [-0.3, -0.25) is 4.79 Å². The molecule has 2 nitrogen and oxygen atoms in total. The Labute approximate surface area is 91.7 Å². The molecule has 0 saturated carbocycles. The molecule has 0 fully saturated rings. The van der Waals surface area contributed by atoms with Gasteiger partial charge in [0.1, 0.15) is 0 Å². The second-order valence-corrected chi connectivity index (χ2v) is 3.90. The Kier molecular flexibility index (Phi) is 4.50. The van der Waals surface area contributed by atoms with Gasteiger partial charge in [0.05, 0.1) is 0 Å². The van der Waals surface area contributed by atoms with Gasteiger partial charge in [-0.15, -0.1) is 0 Å². The Bertz CT molecular complexity index is 324. The molecule has 1 N–H and O–H groups in total. The molecule has 0 bridgehead atoms. The summed E-state index contributed by atoms with van der Waals surface area (Å²) in [5, 5.41) is 3.16. The van der Waals surface area contributed by atoms with Crippen molar-refractivity contribution < 1.29 is 4.79 Å². The number of rotatable bonds is 5. The molecule has 0 amide bonds. The van der Waals surface area contributed by atoms with Gasteiger partial charge in [-0.05, 0) is 32.5 Å². The van der Waals surface area contributed by atoms with E-state index in [2.05, 4.69) is 11.4 Å². The largest absolute Gasteiger partial charge is 0.317 e. The minimum atomic E-state index is 0.225. The molecule has 15 heavy (non-hydrogen) atoms. The van der Waals surface area contributed by atoms with Crippen LogP contribution in [-0.4, -0.2) is 18.9 Å². The number of hydrogen-bond acceptors (Lipinski definition) is 2. The Balaban J connectivity index is 2.65. The van der Waals surface area contributed by atoms with Crippen LogP contribution in [0.3, 0.4) is 0 Å². The fourth-order valence-electron chi connectivity index (χ4n) is 1.66. The van der Waals surface area contributed by atoms with E-state index in [1.807, 2.05) is 32.9 Å². The fourth-order valence-corrected chi connectivity index (χ4v) is 1.66. The zero-order valence-corrected chi connectivity index (χ0v) is 9.76. The Hall–Kier alpha value is -1.15. The standard InChI is InChI=1S/C13H19NO/c1-4-14-6-5-13(15)12-8-10(2)7-11(3)9-12/h7-9,14H,4-6H2,1-3H3. The number of ketones is 1. The molecule has 0 saturated heterocycles. The summed E-state index contributed by atoms with van der Waals surface area (Å²) in [7, 11) is 0. The minimum Gasteiger partial charge on any atom is -0.317 e. The van der Waals surface area contributed by atoms with Crippen LogP contribution in [-0.2, 0) is 0 Å². The van der Waals surface area contributed by atoms with Crippen molar-refractivity contribution in [2.75, 3.05) is 13.1 Å². The number of aryl methyl sites for hydroxylation is 2. The number of hydrogen-bond donors (Lipinski definition) is 1. The lowest BCUT2D eigenvalue weighted by Crippen LogP contribution is -2.17. The van der Waals surface area contributed by atoms with E-state index in [9.17, 15) is 4.79 Å². The Morgan fingerprint density at radius 1 is 1.20 bits per heavy atom. The molecule has 0 radical (unpaired) electrons. The van der Waals surface area contributed by atoms with Crippen LogP contribution in [0.2, 0.25) is 0 Å². The first-order valence-corrected chi connectivity index (χ1v) is 5.45. The maximum absolute atomic E-state index is 11.8. The van der Waals surface area contributed by atoms with Gasteiger partial charge in [0.15, 0.2) is 5.78 Å². The van der Waals surface area contributed by atoms with Crippen LogP contribution in [0.4, 0.5) is 0 Å². The van der Waals surface area contributed by atoms with Crippen molar-refractivity contribution in [1.82, 2.24) is 5.32 Å². The van der Waals surface area contributed by atoms with Crippen molar-refractivity contribution in [1.29, 1.82) is 0 Å². The van der Waals surface area contributed by atoms with Gasteiger partial charge in [-0.2, -0.15) is 0 Å². The van der Waals surface area contributed by atoms with Crippen LogP contribution in [0.1, 0.15) is 34.8 Å². The quantitative estimate of drug-likeness (QED) is 0.591. The maximum atomic E-state index is 11.8. The first-order chi connectivity index (χ1) is 7.13. The van der Waals surface area contributed by atoms with E-state index in [1.165, 1.54) is 0 Å². The van der Waals surface area contributed by atoms with Crippen molar-refractivity contribution in [3.05, 3.63) is 34.9 Å². The zero-order chi connectivity index (χ0) is 11.3. The van der Waals surface area contributed by atoms with Gasteiger partial charge in [-0.25, -0.2) is 0 Å². The normalized spacial score (nSPS) is 10.3. The van der Waals surface area contributed by atoms with Crippen LogP contribution in [0, 0.1) is 13.8 Å². The van der Waals surface area contributed by atoms with Gasteiger partial charge >= 0.3 is 0 Å². The van der Waals surface area contributed by atoms with Gasteiger partial charge in [0.25, 0.3) is 0 Å². The van der Waals surface area contributed by atoms with Gasteiger partial charge < -0.3 is 5.32 Å². The minimum absolute atomic E-state index is 0.225. The molecule has 0 heterocycles. The summed E-state index contributed by atoms with van der Waals surface area (Å²) >= 11 is 0. The highest BCUT2D eigenvalue weighted by Gasteiger charge is 2.05. The zero-order valence-electron chi connectivity index (χ0n) is 9.76. The molecular formula is C13H19NO. The Morgan fingerprint density at radius 2 is 1.80 bits per heavy atom. The second-order valence-electron chi connectivity index (χ2n) is 3.90. The third kappa shape index (κ3) is 3.84. The van der Waals surface area contributed by atoms with E-state index in [1.54, 1.807) is 0 Å². The molecule has 1 aromatic rings. The van der Waals surface area contributed by atoms with E-state index in [0.29, 0.717) is 6.42 Å². The lowest BCUT2D eigenvalue weighted by Gasteiger charge is -2.04. The Morgan fingerprint density at radius 3 is 2.33 bits per heavy atom. The molecule has 0 aliphatic carbocycles. The highest BCUT2D eigenvalue weighted by atomic mass is 16.1. The molecule has 2 heteroatoms. The predicted molar refractivity (Wildman–Crippen MR) is 63.4 cm³/mol. The predicted octanol–water partition coefficient (Wildman–Crippen LogP) is 2.49. The van der Waals surface area contributed by atoms with Crippen LogP contribution >= 0.6 is 0 Å². The highest BCUT2D eigenvalue weighted by Crippen LogP contribution is 2.10. The van der Waals surface area contributed by atoms with Gasteiger partial charge in [0.2, 0.25) is 0 Å². The lowest BCUT2D eigenvalue weighted by atomic mass is 10.0. The van der Waals surface area contributed by atoms with E-state index in [0.717, 1.165) is 29.8 Å². The number of carbonyl (C=O) groups excluding carboxylic acids is 1. The van der Waals surface area contributed by atoms with Crippen LogP contribution in [0.25, 0.3) is 0 Å². The molecule has 0 unspecified atom stereocenters. The smallest absolute Gasteiger partial charge is 0.164 e. The monoisotopic (exact) mass is 205 g/mol. The average Bonchev–Trinajstić information content (AvgIpc) is 2.16. The van der Waals surface area contributed by atoms with E-state index < -0.39 is 0 Å². The highest BCUT2D eigenvalue weighted by molar-refractivity contribution is 5.96. The molecule has 0 aliphatic rings. The molecule has 1 aromatic carbocycles. The summed E-state index contributed by atoms with van der Waals surface area (Å²) in [4.78, 5) is 11.8. The molecule has 0 atom stereocenters. The average molecular weight is 205 g/mol. The molecular weight excluding hydrogens is 186 g/mol. The first-order valence-electron chi connectivity index (χ1n) is 5.45. The first kappa shape index (κ1) is 11.9. The maximum Gasteiger partial charge on any atom is 0.164 e. The second kappa shape index (κ2) is 5.66. The fraction of sp³-hybridized carbons (Fsp3) is 0.462. The van der Waals surface area contributed by atoms with Crippen LogP contribution in [0.5, 0.6) is 0 Å². The van der Waals surface area contributed by atoms with E-state index >= 15 is 0 Å². The summed E-state index contributed by atoms with van der Waals surface area (Å²) < 4.78 is 0. The van der Waals surface area contributed by atoms with Gasteiger partial charge in [-0.1, -0.05) is 24.1 Å². The van der Waals surface area contributed by atoms with Crippen molar-refractivity contribution in [3.63, 3.8) is 0 Å². The van der Waals surface area contributed by atoms with Crippen molar-refractivity contribution in [2.45, 2.75) is 27.2 Å². The van der Waals surface area contributed by atoms with E-state index in [-0.39, 0.29) is 5.78 Å². The summed E-state index contributed by atoms with van der Waals surface area (Å²) in [6, 6.07) is 6.00. The number of Topliss-reactive ketones (excluding diaryl/α,β-unsaturated/α-hetero) is 1. The van der Waals surface area contributed by atoms with Crippen molar-refractivity contribution in [2.24, 2.45) is 0 Å². The van der Waals surface area contributed by atoms with Gasteiger partial charge in [0, 0.05) is 18.5 Å². The SMILES string of the molecule is CCNCCC(=O)c1cc(C)cc(C)c1. The van der Waals surface area contributed by atoms with E-state index in [4.69, 9.17) is 0 Å².